The first-order chi connectivity index (χ1) is 5.75. The van der Waals surface area contributed by atoms with Crippen LogP contribution in [0.2, 0.25) is 0 Å². The zero-order valence-corrected chi connectivity index (χ0v) is 7.85. The molecule has 0 aliphatic heterocycles. The second-order valence-electron chi connectivity index (χ2n) is 3.26. The van der Waals surface area contributed by atoms with Gasteiger partial charge in [-0.15, -0.1) is 0 Å². The van der Waals surface area contributed by atoms with Gasteiger partial charge < -0.3 is 10.1 Å². The minimum atomic E-state index is -0.365. The number of carbonyl (C=O) groups excluding carboxylic acids is 1. The van der Waals surface area contributed by atoms with Gasteiger partial charge in [0.05, 0.1) is 6.61 Å². The molecule has 0 unspecified atom stereocenters. The third-order valence-corrected chi connectivity index (χ3v) is 2.60. The summed E-state index contributed by atoms with van der Waals surface area (Å²) in [5.41, 5.74) is -0.365. The second-order valence-corrected chi connectivity index (χ2v) is 3.26. The predicted molar refractivity (Wildman–Crippen MR) is 46.9 cm³/mol. The van der Waals surface area contributed by atoms with Crippen LogP contribution in [0, 0.1) is 0 Å². The minimum absolute atomic E-state index is 0.0787. The highest BCUT2D eigenvalue weighted by Gasteiger charge is 2.40. The van der Waals surface area contributed by atoms with Crippen molar-refractivity contribution in [2.24, 2.45) is 0 Å². The van der Waals surface area contributed by atoms with Crippen LogP contribution in [0.5, 0.6) is 0 Å². The summed E-state index contributed by atoms with van der Waals surface area (Å²) in [7, 11) is 1.84. The number of hydrogen-bond donors (Lipinski definition) is 1. The minimum Gasteiger partial charge on any atom is -0.465 e. The molecule has 0 aromatic rings. The fraction of sp³-hybridized carbons (Fsp3) is 0.889. The number of nitrogens with one attached hydrogen (secondary N) is 1. The van der Waals surface area contributed by atoms with Crippen molar-refractivity contribution in [2.75, 3.05) is 13.7 Å². The molecule has 3 heteroatoms. The van der Waals surface area contributed by atoms with E-state index in [0.717, 1.165) is 25.7 Å². The molecule has 0 heterocycles. The fourth-order valence-corrected chi connectivity index (χ4v) is 1.80. The van der Waals surface area contributed by atoms with Gasteiger partial charge in [0.1, 0.15) is 5.54 Å². The average Bonchev–Trinajstić information content (AvgIpc) is 2.54. The van der Waals surface area contributed by atoms with E-state index in [1.165, 1.54) is 0 Å². The quantitative estimate of drug-likeness (QED) is 0.646. The van der Waals surface area contributed by atoms with Crippen LogP contribution in [-0.4, -0.2) is 25.2 Å². The van der Waals surface area contributed by atoms with E-state index in [9.17, 15) is 4.79 Å². The van der Waals surface area contributed by atoms with Gasteiger partial charge in [0.2, 0.25) is 0 Å². The lowest BCUT2D eigenvalue weighted by atomic mass is 9.98. The maximum absolute atomic E-state index is 11.5. The predicted octanol–water partition coefficient (Wildman–Crippen LogP) is 1.08. The summed E-state index contributed by atoms with van der Waals surface area (Å²) in [5, 5.41) is 3.09. The average molecular weight is 171 g/mol. The Morgan fingerprint density at radius 2 is 2.08 bits per heavy atom. The molecule has 70 valence electrons. The molecule has 0 spiro atoms. The van der Waals surface area contributed by atoms with E-state index >= 15 is 0 Å². The monoisotopic (exact) mass is 171 g/mol. The van der Waals surface area contributed by atoms with Gasteiger partial charge in [0, 0.05) is 0 Å². The molecule has 1 saturated carbocycles. The molecule has 0 bridgehead atoms. The summed E-state index contributed by atoms with van der Waals surface area (Å²) in [4.78, 5) is 11.5. The van der Waals surface area contributed by atoms with Crippen LogP contribution in [0.4, 0.5) is 0 Å². The number of likely N-dealkylation sites (N-methyl/N-ethyl adjacent to an activating group) is 1. The summed E-state index contributed by atoms with van der Waals surface area (Å²) in [6.07, 6.45) is 4.09. The van der Waals surface area contributed by atoms with E-state index in [1.807, 2.05) is 14.0 Å². The highest BCUT2D eigenvalue weighted by Crippen LogP contribution is 2.30. The SMILES string of the molecule is CCOC(=O)C1(NC)CCCC1. The second kappa shape index (κ2) is 3.90. The molecule has 0 aromatic carbocycles. The lowest BCUT2D eigenvalue weighted by Crippen LogP contribution is -2.48. The highest BCUT2D eigenvalue weighted by molar-refractivity contribution is 5.81. The largest absolute Gasteiger partial charge is 0.465 e. The molecule has 1 fully saturated rings. The van der Waals surface area contributed by atoms with Crippen LogP contribution >= 0.6 is 0 Å². The van der Waals surface area contributed by atoms with Crippen LogP contribution in [0.3, 0.4) is 0 Å². The van der Waals surface area contributed by atoms with Crippen molar-refractivity contribution in [3.8, 4) is 0 Å². The summed E-state index contributed by atoms with van der Waals surface area (Å²) >= 11 is 0. The van der Waals surface area contributed by atoms with E-state index in [1.54, 1.807) is 0 Å². The lowest BCUT2D eigenvalue weighted by molar-refractivity contribution is -0.150. The number of esters is 1. The number of carbonyl (C=O) groups is 1. The van der Waals surface area contributed by atoms with Crippen LogP contribution in [0.1, 0.15) is 32.6 Å². The zero-order valence-electron chi connectivity index (χ0n) is 7.85. The Morgan fingerprint density at radius 3 is 2.50 bits per heavy atom. The molecule has 1 aliphatic rings. The van der Waals surface area contributed by atoms with Gasteiger partial charge in [-0.25, -0.2) is 0 Å². The van der Waals surface area contributed by atoms with Gasteiger partial charge in [-0.3, -0.25) is 4.79 Å². The van der Waals surface area contributed by atoms with Crippen LogP contribution in [-0.2, 0) is 9.53 Å². The summed E-state index contributed by atoms with van der Waals surface area (Å²) < 4.78 is 5.02. The molecular formula is C9H17NO2. The first-order valence-electron chi connectivity index (χ1n) is 4.61. The van der Waals surface area contributed by atoms with Crippen molar-refractivity contribution in [3.63, 3.8) is 0 Å². The van der Waals surface area contributed by atoms with Gasteiger partial charge in [-0.05, 0) is 26.8 Å². The Labute approximate surface area is 73.5 Å². The molecule has 0 aromatic heterocycles. The topological polar surface area (TPSA) is 38.3 Å². The van der Waals surface area contributed by atoms with Crippen molar-refractivity contribution in [1.29, 1.82) is 0 Å². The van der Waals surface area contributed by atoms with E-state index in [0.29, 0.717) is 6.61 Å². The molecule has 1 aliphatic carbocycles. The van der Waals surface area contributed by atoms with Crippen LogP contribution < -0.4 is 5.32 Å². The van der Waals surface area contributed by atoms with Crippen molar-refractivity contribution < 1.29 is 9.53 Å². The third-order valence-electron chi connectivity index (χ3n) is 2.60. The van der Waals surface area contributed by atoms with E-state index < -0.39 is 0 Å². The Morgan fingerprint density at radius 1 is 1.50 bits per heavy atom. The van der Waals surface area contributed by atoms with Gasteiger partial charge >= 0.3 is 5.97 Å². The molecule has 3 nitrogen and oxygen atoms in total. The molecule has 0 saturated heterocycles. The van der Waals surface area contributed by atoms with E-state index in [2.05, 4.69) is 5.32 Å². The smallest absolute Gasteiger partial charge is 0.326 e. The normalized spacial score (nSPS) is 20.8. The van der Waals surface area contributed by atoms with E-state index in [-0.39, 0.29) is 11.5 Å². The Kier molecular flexibility index (Phi) is 3.09. The molecule has 0 radical (unpaired) electrons. The Balaban J connectivity index is 2.59. The van der Waals surface area contributed by atoms with Gasteiger partial charge in [-0.1, -0.05) is 12.8 Å². The number of rotatable bonds is 3. The first kappa shape index (κ1) is 9.52. The fourth-order valence-electron chi connectivity index (χ4n) is 1.80. The Hall–Kier alpha value is -0.570. The van der Waals surface area contributed by atoms with Crippen LogP contribution in [0.15, 0.2) is 0 Å². The summed E-state index contributed by atoms with van der Waals surface area (Å²) in [5.74, 6) is -0.0787. The van der Waals surface area contributed by atoms with E-state index in [4.69, 9.17) is 4.74 Å². The van der Waals surface area contributed by atoms with Crippen molar-refractivity contribution in [1.82, 2.24) is 5.32 Å². The van der Waals surface area contributed by atoms with Gasteiger partial charge in [-0.2, -0.15) is 0 Å². The summed E-state index contributed by atoms with van der Waals surface area (Å²) in [6.45, 7) is 2.32. The van der Waals surface area contributed by atoms with Gasteiger partial charge in [0.15, 0.2) is 0 Å². The molecule has 0 atom stereocenters. The van der Waals surface area contributed by atoms with Crippen molar-refractivity contribution in [2.45, 2.75) is 38.1 Å². The molecule has 12 heavy (non-hydrogen) atoms. The molecule has 0 amide bonds. The zero-order chi connectivity index (χ0) is 9.03. The standard InChI is InChI=1S/C9H17NO2/c1-3-12-8(11)9(10-2)6-4-5-7-9/h10H,3-7H2,1-2H3. The molecular weight excluding hydrogens is 154 g/mol. The molecule has 1 rings (SSSR count). The van der Waals surface area contributed by atoms with Gasteiger partial charge in [0.25, 0.3) is 0 Å². The van der Waals surface area contributed by atoms with Crippen LogP contribution in [0.25, 0.3) is 0 Å². The maximum atomic E-state index is 11.5. The summed E-state index contributed by atoms with van der Waals surface area (Å²) in [6, 6.07) is 0. The maximum Gasteiger partial charge on any atom is 0.326 e. The first-order valence-corrected chi connectivity index (χ1v) is 4.61. The number of ether oxygens (including phenoxy) is 1. The molecule has 1 N–H and O–H groups in total. The third kappa shape index (κ3) is 1.61. The Bertz CT molecular complexity index is 162. The highest BCUT2D eigenvalue weighted by atomic mass is 16.5. The number of hydrogen-bond acceptors (Lipinski definition) is 3. The van der Waals surface area contributed by atoms with Crippen molar-refractivity contribution in [3.05, 3.63) is 0 Å². The lowest BCUT2D eigenvalue weighted by Gasteiger charge is -2.25. The van der Waals surface area contributed by atoms with Crippen molar-refractivity contribution >= 4 is 5.97 Å².